The molecule has 0 aliphatic rings. The number of hydrogen-bond acceptors (Lipinski definition) is 2. The van der Waals surface area contributed by atoms with Gasteiger partial charge in [0.15, 0.2) is 0 Å². The molecule has 0 amide bonds. The van der Waals surface area contributed by atoms with Gasteiger partial charge in [-0.25, -0.2) is 0 Å². The van der Waals surface area contributed by atoms with E-state index < -0.39 is 0 Å². The maximum Gasteiger partial charge on any atom is 0.119 e. The molecule has 68 valence electrons. The smallest absolute Gasteiger partial charge is 0.119 e. The van der Waals surface area contributed by atoms with E-state index in [1.165, 1.54) is 5.56 Å². The highest BCUT2D eigenvalue weighted by atomic mass is 16.5. The summed E-state index contributed by atoms with van der Waals surface area (Å²) < 4.78 is 5.10. The molecule has 0 radical (unpaired) electrons. The third-order valence-electron chi connectivity index (χ3n) is 1.89. The van der Waals surface area contributed by atoms with Crippen LogP contribution in [0.2, 0.25) is 0 Å². The van der Waals surface area contributed by atoms with E-state index in [0.717, 1.165) is 18.6 Å². The Hall–Kier alpha value is -1.49. The van der Waals surface area contributed by atoms with Crippen LogP contribution in [0.1, 0.15) is 18.4 Å². The second-order valence-corrected chi connectivity index (χ2v) is 2.86. The van der Waals surface area contributed by atoms with Gasteiger partial charge in [0.25, 0.3) is 0 Å². The number of nitriles is 1. The molecule has 2 nitrogen and oxygen atoms in total. The SMILES string of the molecule is COc1cccc(CCCC#N)c1. The zero-order valence-electron chi connectivity index (χ0n) is 7.79. The zero-order chi connectivity index (χ0) is 9.52. The highest BCUT2D eigenvalue weighted by Crippen LogP contribution is 2.14. The van der Waals surface area contributed by atoms with E-state index in [2.05, 4.69) is 12.1 Å². The molecule has 0 atom stereocenters. The van der Waals surface area contributed by atoms with E-state index in [1.807, 2.05) is 18.2 Å². The van der Waals surface area contributed by atoms with Crippen molar-refractivity contribution >= 4 is 0 Å². The summed E-state index contributed by atoms with van der Waals surface area (Å²) in [5.41, 5.74) is 1.23. The average molecular weight is 175 g/mol. The van der Waals surface area contributed by atoms with Crippen molar-refractivity contribution in [3.05, 3.63) is 29.8 Å². The van der Waals surface area contributed by atoms with Gasteiger partial charge in [-0.05, 0) is 30.5 Å². The fourth-order valence-electron chi connectivity index (χ4n) is 1.20. The molecule has 0 bridgehead atoms. The van der Waals surface area contributed by atoms with Gasteiger partial charge in [0, 0.05) is 6.42 Å². The lowest BCUT2D eigenvalue weighted by Gasteiger charge is -2.02. The summed E-state index contributed by atoms with van der Waals surface area (Å²) in [4.78, 5) is 0. The molecule has 0 unspecified atom stereocenters. The highest BCUT2D eigenvalue weighted by molar-refractivity contribution is 5.28. The van der Waals surface area contributed by atoms with Crippen molar-refractivity contribution in [2.45, 2.75) is 19.3 Å². The highest BCUT2D eigenvalue weighted by Gasteiger charge is 1.95. The van der Waals surface area contributed by atoms with Gasteiger partial charge in [0.1, 0.15) is 5.75 Å². The van der Waals surface area contributed by atoms with Crippen LogP contribution >= 0.6 is 0 Å². The molecule has 1 aromatic carbocycles. The maximum atomic E-state index is 8.37. The molecule has 1 aromatic rings. The summed E-state index contributed by atoms with van der Waals surface area (Å²) in [6.45, 7) is 0. The Morgan fingerprint density at radius 3 is 3.00 bits per heavy atom. The van der Waals surface area contributed by atoms with Crippen molar-refractivity contribution in [2.24, 2.45) is 0 Å². The normalized spacial score (nSPS) is 9.23. The maximum absolute atomic E-state index is 8.37. The minimum absolute atomic E-state index is 0.622. The Bertz CT molecular complexity index is 301. The summed E-state index contributed by atoms with van der Waals surface area (Å²) >= 11 is 0. The minimum atomic E-state index is 0.622. The number of unbranched alkanes of at least 4 members (excludes halogenated alkanes) is 1. The van der Waals surface area contributed by atoms with Gasteiger partial charge in [-0.2, -0.15) is 5.26 Å². The number of rotatable bonds is 4. The molecule has 0 aromatic heterocycles. The topological polar surface area (TPSA) is 33.0 Å². The van der Waals surface area contributed by atoms with Gasteiger partial charge >= 0.3 is 0 Å². The van der Waals surface area contributed by atoms with Gasteiger partial charge in [0.2, 0.25) is 0 Å². The summed E-state index contributed by atoms with van der Waals surface area (Å²) in [5, 5.41) is 8.37. The van der Waals surface area contributed by atoms with Gasteiger partial charge in [-0.1, -0.05) is 12.1 Å². The lowest BCUT2D eigenvalue weighted by atomic mass is 10.1. The molecule has 2 heteroatoms. The average Bonchev–Trinajstić information content (AvgIpc) is 2.19. The quantitative estimate of drug-likeness (QED) is 0.659. The summed E-state index contributed by atoms with van der Waals surface area (Å²) in [5.74, 6) is 0.884. The molecule has 0 spiro atoms. The minimum Gasteiger partial charge on any atom is -0.497 e. The summed E-state index contributed by atoms with van der Waals surface area (Å²) in [6.07, 6.45) is 2.49. The summed E-state index contributed by atoms with van der Waals surface area (Å²) in [6, 6.07) is 10.1. The van der Waals surface area contributed by atoms with Gasteiger partial charge in [0.05, 0.1) is 13.2 Å². The third kappa shape index (κ3) is 3.16. The Balaban J connectivity index is 2.52. The van der Waals surface area contributed by atoms with E-state index in [9.17, 15) is 0 Å². The van der Waals surface area contributed by atoms with Crippen LogP contribution in [-0.2, 0) is 6.42 Å². The van der Waals surface area contributed by atoms with Crippen LogP contribution in [0.15, 0.2) is 24.3 Å². The van der Waals surface area contributed by atoms with Crippen molar-refractivity contribution < 1.29 is 4.74 Å². The van der Waals surface area contributed by atoms with Crippen molar-refractivity contribution in [3.63, 3.8) is 0 Å². The standard InChI is InChI=1S/C11H13NO/c1-13-11-7-4-6-10(9-11)5-2-3-8-12/h4,6-7,9H,2-3,5H2,1H3. The van der Waals surface area contributed by atoms with Crippen LogP contribution in [-0.4, -0.2) is 7.11 Å². The number of hydrogen-bond donors (Lipinski definition) is 0. The Labute approximate surface area is 78.8 Å². The molecular weight excluding hydrogens is 162 g/mol. The molecule has 0 saturated carbocycles. The predicted molar refractivity (Wildman–Crippen MR) is 51.5 cm³/mol. The van der Waals surface area contributed by atoms with Crippen LogP contribution < -0.4 is 4.74 Å². The number of methoxy groups -OCH3 is 1. The van der Waals surface area contributed by atoms with Crippen LogP contribution in [0.4, 0.5) is 0 Å². The Morgan fingerprint density at radius 1 is 1.46 bits per heavy atom. The molecule has 0 saturated heterocycles. The number of benzene rings is 1. The predicted octanol–water partition coefficient (Wildman–Crippen LogP) is 2.54. The second kappa shape index (κ2) is 5.21. The van der Waals surface area contributed by atoms with Crippen LogP contribution in [0, 0.1) is 11.3 Å². The lowest BCUT2D eigenvalue weighted by Crippen LogP contribution is -1.87. The number of ether oxygens (including phenoxy) is 1. The van der Waals surface area contributed by atoms with Crippen LogP contribution in [0.25, 0.3) is 0 Å². The summed E-state index contributed by atoms with van der Waals surface area (Å²) in [7, 11) is 1.66. The molecule has 0 N–H and O–H groups in total. The molecular formula is C11H13NO. The third-order valence-corrected chi connectivity index (χ3v) is 1.89. The van der Waals surface area contributed by atoms with Gasteiger partial charge in [-0.15, -0.1) is 0 Å². The van der Waals surface area contributed by atoms with E-state index in [4.69, 9.17) is 10.00 Å². The van der Waals surface area contributed by atoms with Crippen molar-refractivity contribution in [1.29, 1.82) is 5.26 Å². The number of aryl methyl sites for hydroxylation is 1. The van der Waals surface area contributed by atoms with E-state index in [1.54, 1.807) is 7.11 Å². The molecule has 0 heterocycles. The van der Waals surface area contributed by atoms with E-state index >= 15 is 0 Å². The fraction of sp³-hybridized carbons (Fsp3) is 0.364. The first-order valence-corrected chi connectivity index (χ1v) is 4.36. The molecule has 0 aliphatic heterocycles. The Morgan fingerprint density at radius 2 is 2.31 bits per heavy atom. The largest absolute Gasteiger partial charge is 0.497 e. The van der Waals surface area contributed by atoms with Crippen LogP contribution in [0.3, 0.4) is 0 Å². The molecule has 0 fully saturated rings. The first kappa shape index (κ1) is 9.60. The second-order valence-electron chi connectivity index (χ2n) is 2.86. The molecule has 0 aliphatic carbocycles. The van der Waals surface area contributed by atoms with Crippen molar-refractivity contribution in [2.75, 3.05) is 7.11 Å². The van der Waals surface area contributed by atoms with Gasteiger partial charge < -0.3 is 4.74 Å². The van der Waals surface area contributed by atoms with E-state index in [-0.39, 0.29) is 0 Å². The van der Waals surface area contributed by atoms with Crippen molar-refractivity contribution in [3.8, 4) is 11.8 Å². The lowest BCUT2D eigenvalue weighted by molar-refractivity contribution is 0.414. The molecule has 1 rings (SSSR count). The monoisotopic (exact) mass is 175 g/mol. The first-order chi connectivity index (χ1) is 6.36. The zero-order valence-corrected chi connectivity index (χ0v) is 7.79. The first-order valence-electron chi connectivity index (χ1n) is 4.36. The van der Waals surface area contributed by atoms with E-state index in [0.29, 0.717) is 6.42 Å². The fourth-order valence-corrected chi connectivity index (χ4v) is 1.20. The van der Waals surface area contributed by atoms with Gasteiger partial charge in [-0.3, -0.25) is 0 Å². The van der Waals surface area contributed by atoms with Crippen molar-refractivity contribution in [1.82, 2.24) is 0 Å². The number of nitrogens with zero attached hydrogens (tertiary/aromatic N) is 1. The Kier molecular flexibility index (Phi) is 3.84. The molecule has 13 heavy (non-hydrogen) atoms. The van der Waals surface area contributed by atoms with Crippen LogP contribution in [0.5, 0.6) is 5.75 Å².